The number of fused-ring (bicyclic) bond motifs is 1. The van der Waals surface area contributed by atoms with Crippen LogP contribution in [0.1, 0.15) is 42.3 Å². The van der Waals surface area contributed by atoms with Crippen LogP contribution in [0.5, 0.6) is 0 Å². The molecule has 0 unspecified atom stereocenters. The number of nitrogens with zero attached hydrogens (tertiary/aromatic N) is 2. The number of amides is 3. The minimum atomic E-state index is -0.870. The van der Waals surface area contributed by atoms with Gasteiger partial charge in [-0.05, 0) is 29.3 Å². The van der Waals surface area contributed by atoms with Gasteiger partial charge in [0, 0.05) is 17.5 Å². The molecule has 2 aromatic rings. The summed E-state index contributed by atoms with van der Waals surface area (Å²) in [6.45, 7) is 3.97. The highest BCUT2D eigenvalue weighted by molar-refractivity contribution is 7.10. The van der Waals surface area contributed by atoms with Gasteiger partial charge in [-0.2, -0.15) is 5.10 Å². The number of hydrogen-bond donors (Lipinski definition) is 2. The second-order valence-electron chi connectivity index (χ2n) is 7.68. The van der Waals surface area contributed by atoms with Crippen LogP contribution in [0.2, 0.25) is 0 Å². The molecule has 3 rings (SSSR count). The van der Waals surface area contributed by atoms with E-state index in [0.717, 1.165) is 10.4 Å². The van der Waals surface area contributed by atoms with Crippen molar-refractivity contribution < 1.29 is 14.4 Å². The Labute approximate surface area is 180 Å². The highest BCUT2D eigenvalue weighted by Gasteiger charge is 2.32. The normalized spacial score (nSPS) is 16.7. The summed E-state index contributed by atoms with van der Waals surface area (Å²) < 4.78 is 0. The first-order valence-corrected chi connectivity index (χ1v) is 10.8. The van der Waals surface area contributed by atoms with Gasteiger partial charge in [0.2, 0.25) is 11.8 Å². The van der Waals surface area contributed by atoms with Gasteiger partial charge in [-0.3, -0.25) is 14.4 Å². The van der Waals surface area contributed by atoms with Crippen molar-refractivity contribution in [3.05, 3.63) is 57.8 Å². The summed E-state index contributed by atoms with van der Waals surface area (Å²) in [5, 5.41) is 12.9. The number of nitrogens with one attached hydrogen (secondary N) is 2. The van der Waals surface area contributed by atoms with Gasteiger partial charge in [0.15, 0.2) is 0 Å². The third-order valence-electron chi connectivity index (χ3n) is 4.80. The monoisotopic (exact) mass is 426 g/mol. The van der Waals surface area contributed by atoms with E-state index in [0.29, 0.717) is 12.0 Å². The van der Waals surface area contributed by atoms with E-state index in [-0.39, 0.29) is 30.1 Å². The maximum absolute atomic E-state index is 13.1. The van der Waals surface area contributed by atoms with Crippen molar-refractivity contribution in [3.63, 3.8) is 0 Å². The third-order valence-corrected chi connectivity index (χ3v) is 5.68. The number of carbonyl (C=O) groups is 3. The molecular formula is C22H26N4O3S. The molecule has 0 spiro atoms. The quantitative estimate of drug-likeness (QED) is 0.713. The topological polar surface area (TPSA) is 90.9 Å². The number of hydrazone groups is 1. The van der Waals surface area contributed by atoms with Gasteiger partial charge in [0.1, 0.15) is 12.1 Å². The molecule has 1 aliphatic heterocycles. The zero-order valence-electron chi connectivity index (χ0n) is 17.3. The summed E-state index contributed by atoms with van der Waals surface area (Å²) in [5.41, 5.74) is 1.44. The van der Waals surface area contributed by atoms with Gasteiger partial charge in [-0.25, -0.2) is 5.01 Å². The minimum Gasteiger partial charge on any atom is -0.344 e. The summed E-state index contributed by atoms with van der Waals surface area (Å²) in [6.07, 6.45) is 2.30. The molecule has 1 aromatic heterocycles. The number of benzene rings is 1. The molecule has 0 saturated carbocycles. The fourth-order valence-corrected chi connectivity index (χ4v) is 4.02. The molecular weight excluding hydrogens is 400 g/mol. The summed E-state index contributed by atoms with van der Waals surface area (Å²) in [7, 11) is 1.55. The Hall–Kier alpha value is -3.00. The van der Waals surface area contributed by atoms with Crippen LogP contribution < -0.4 is 10.6 Å². The van der Waals surface area contributed by atoms with Gasteiger partial charge in [-0.15, -0.1) is 11.3 Å². The Morgan fingerprint density at radius 3 is 2.67 bits per heavy atom. The summed E-state index contributed by atoms with van der Waals surface area (Å²) in [5.74, 6) is -0.748. The number of hydrogen-bond acceptors (Lipinski definition) is 5. The molecule has 0 radical (unpaired) electrons. The van der Waals surface area contributed by atoms with Gasteiger partial charge in [0.05, 0.1) is 12.6 Å². The van der Waals surface area contributed by atoms with Crippen LogP contribution in [0.3, 0.4) is 0 Å². The largest absolute Gasteiger partial charge is 0.344 e. The second kappa shape index (κ2) is 9.67. The van der Waals surface area contributed by atoms with E-state index < -0.39 is 12.1 Å². The van der Waals surface area contributed by atoms with E-state index in [1.54, 1.807) is 19.3 Å². The van der Waals surface area contributed by atoms with Crippen LogP contribution in [-0.4, -0.2) is 42.0 Å². The SMILES string of the molecule is CC(C)C[C@H](NC(=O)Cc1cccs1)C(=O)N[C@@H]1C(=O)N(C)N=Cc2ccccc21. The van der Waals surface area contributed by atoms with Crippen molar-refractivity contribution in [2.75, 3.05) is 7.05 Å². The van der Waals surface area contributed by atoms with Gasteiger partial charge in [-0.1, -0.05) is 44.2 Å². The Balaban J connectivity index is 1.77. The molecule has 2 N–H and O–H groups in total. The highest BCUT2D eigenvalue weighted by Crippen LogP contribution is 2.22. The van der Waals surface area contributed by atoms with Crippen molar-refractivity contribution >= 4 is 35.3 Å². The molecule has 30 heavy (non-hydrogen) atoms. The lowest BCUT2D eigenvalue weighted by Crippen LogP contribution is -2.50. The average Bonchev–Trinajstić information content (AvgIpc) is 3.18. The molecule has 1 aromatic carbocycles. The minimum absolute atomic E-state index is 0.186. The Morgan fingerprint density at radius 1 is 1.20 bits per heavy atom. The summed E-state index contributed by atoms with van der Waals surface area (Å²) in [6, 6.07) is 9.49. The Morgan fingerprint density at radius 2 is 1.97 bits per heavy atom. The number of likely N-dealkylation sites (N-methyl/N-ethyl adjacent to an activating group) is 1. The van der Waals surface area contributed by atoms with Gasteiger partial charge in [0.25, 0.3) is 5.91 Å². The van der Waals surface area contributed by atoms with Crippen molar-refractivity contribution in [2.45, 2.75) is 38.8 Å². The molecule has 2 heterocycles. The van der Waals surface area contributed by atoms with Crippen LogP contribution in [0, 0.1) is 5.92 Å². The summed E-state index contributed by atoms with van der Waals surface area (Å²) >= 11 is 1.50. The average molecular weight is 427 g/mol. The molecule has 0 aliphatic carbocycles. The van der Waals surface area contributed by atoms with E-state index >= 15 is 0 Å². The van der Waals surface area contributed by atoms with Crippen LogP contribution in [-0.2, 0) is 20.8 Å². The third kappa shape index (κ3) is 5.33. The van der Waals surface area contributed by atoms with Crippen molar-refractivity contribution in [1.29, 1.82) is 0 Å². The maximum Gasteiger partial charge on any atom is 0.269 e. The van der Waals surface area contributed by atoms with Crippen LogP contribution >= 0.6 is 11.3 Å². The molecule has 1 aliphatic rings. The first kappa shape index (κ1) is 21.7. The fourth-order valence-electron chi connectivity index (χ4n) is 3.32. The lowest BCUT2D eigenvalue weighted by molar-refractivity contribution is -0.136. The predicted octanol–water partition coefficient (Wildman–Crippen LogP) is 2.48. The molecule has 8 heteroatoms. The van der Waals surface area contributed by atoms with E-state index in [2.05, 4.69) is 15.7 Å². The van der Waals surface area contributed by atoms with Crippen LogP contribution in [0.25, 0.3) is 0 Å². The maximum atomic E-state index is 13.1. The fraction of sp³-hybridized carbons (Fsp3) is 0.364. The van der Waals surface area contributed by atoms with E-state index in [4.69, 9.17) is 0 Å². The van der Waals surface area contributed by atoms with Gasteiger partial charge >= 0.3 is 0 Å². The smallest absolute Gasteiger partial charge is 0.269 e. The van der Waals surface area contributed by atoms with Crippen LogP contribution in [0.4, 0.5) is 0 Å². The predicted molar refractivity (Wildman–Crippen MR) is 117 cm³/mol. The Bertz CT molecular complexity index is 940. The molecule has 0 bridgehead atoms. The zero-order chi connectivity index (χ0) is 21.7. The number of carbonyl (C=O) groups excluding carboxylic acids is 3. The standard InChI is InChI=1S/C22H26N4O3S/c1-14(2)11-18(24-19(27)12-16-8-6-10-30-16)21(28)25-20-17-9-5-4-7-15(17)13-23-26(3)22(20)29/h4-10,13-14,18,20H,11-12H2,1-3H3,(H,24,27)(H,25,28)/t18-,20-/m0/s1. The summed E-state index contributed by atoms with van der Waals surface area (Å²) in [4.78, 5) is 39.4. The van der Waals surface area contributed by atoms with Crippen molar-refractivity contribution in [2.24, 2.45) is 11.0 Å². The van der Waals surface area contributed by atoms with Crippen molar-refractivity contribution in [1.82, 2.24) is 15.6 Å². The molecule has 7 nitrogen and oxygen atoms in total. The molecule has 0 saturated heterocycles. The lowest BCUT2D eigenvalue weighted by atomic mass is 9.98. The molecule has 2 atom stereocenters. The van der Waals surface area contributed by atoms with E-state index in [1.807, 2.05) is 49.6 Å². The zero-order valence-corrected chi connectivity index (χ0v) is 18.1. The molecule has 158 valence electrons. The Kier molecular flexibility index (Phi) is 6.99. The number of rotatable bonds is 7. The number of thiophene rings is 1. The lowest BCUT2D eigenvalue weighted by Gasteiger charge is -2.25. The molecule has 0 fully saturated rings. The van der Waals surface area contributed by atoms with Crippen LogP contribution in [0.15, 0.2) is 46.9 Å². The van der Waals surface area contributed by atoms with Gasteiger partial charge < -0.3 is 10.6 Å². The van der Waals surface area contributed by atoms with E-state index in [9.17, 15) is 14.4 Å². The van der Waals surface area contributed by atoms with Crippen molar-refractivity contribution in [3.8, 4) is 0 Å². The first-order valence-electron chi connectivity index (χ1n) is 9.87. The second-order valence-corrected chi connectivity index (χ2v) is 8.71. The highest BCUT2D eigenvalue weighted by atomic mass is 32.1. The molecule has 3 amide bonds. The van der Waals surface area contributed by atoms with E-state index in [1.165, 1.54) is 16.3 Å². The first-order chi connectivity index (χ1) is 14.3.